The summed E-state index contributed by atoms with van der Waals surface area (Å²) in [5.41, 5.74) is 0.548. The number of hydrogen-bond donors (Lipinski definition) is 2. The smallest absolute Gasteiger partial charge is 0.165 e. The van der Waals surface area contributed by atoms with Gasteiger partial charge in [-0.2, -0.15) is 0 Å². The van der Waals surface area contributed by atoms with Crippen molar-refractivity contribution < 1.29 is 14.6 Å². The summed E-state index contributed by atoms with van der Waals surface area (Å²) < 4.78 is 10.6. The van der Waals surface area contributed by atoms with E-state index in [-0.39, 0.29) is 0 Å². The molecule has 2 rings (SSSR count). The second-order valence-corrected chi connectivity index (χ2v) is 4.83. The van der Waals surface area contributed by atoms with E-state index in [0.29, 0.717) is 13.1 Å². The van der Waals surface area contributed by atoms with Crippen LogP contribution < -0.4 is 14.8 Å². The van der Waals surface area contributed by atoms with Gasteiger partial charge in [0, 0.05) is 18.7 Å². The summed E-state index contributed by atoms with van der Waals surface area (Å²) in [6.45, 7) is 1.30. The predicted molar refractivity (Wildman–Crippen MR) is 70.1 cm³/mol. The monoisotopic (exact) mass is 251 g/mol. The summed E-state index contributed by atoms with van der Waals surface area (Å²) in [6.07, 6.45) is 2.92. The van der Waals surface area contributed by atoms with E-state index in [9.17, 15) is 5.11 Å². The molecule has 0 radical (unpaired) electrons. The van der Waals surface area contributed by atoms with Gasteiger partial charge >= 0.3 is 0 Å². The second kappa shape index (κ2) is 5.59. The van der Waals surface area contributed by atoms with Crippen LogP contribution in [0.15, 0.2) is 18.2 Å². The molecular formula is C14H21NO3. The molecule has 1 aromatic rings. The van der Waals surface area contributed by atoms with Crippen LogP contribution in [0.3, 0.4) is 0 Å². The average molecular weight is 251 g/mol. The topological polar surface area (TPSA) is 50.7 Å². The van der Waals surface area contributed by atoms with Gasteiger partial charge in [0.05, 0.1) is 19.8 Å². The fourth-order valence-corrected chi connectivity index (χ4v) is 2.28. The van der Waals surface area contributed by atoms with E-state index in [0.717, 1.165) is 36.3 Å². The van der Waals surface area contributed by atoms with E-state index in [2.05, 4.69) is 5.32 Å². The van der Waals surface area contributed by atoms with Crippen LogP contribution in [0, 0.1) is 0 Å². The lowest BCUT2D eigenvalue weighted by molar-refractivity contribution is -0.0315. The molecule has 2 N–H and O–H groups in total. The first-order chi connectivity index (χ1) is 8.68. The molecule has 0 saturated heterocycles. The van der Waals surface area contributed by atoms with E-state index in [4.69, 9.17) is 9.47 Å². The van der Waals surface area contributed by atoms with E-state index in [1.54, 1.807) is 14.2 Å². The van der Waals surface area contributed by atoms with E-state index < -0.39 is 5.60 Å². The van der Waals surface area contributed by atoms with Crippen molar-refractivity contribution in [3.05, 3.63) is 23.8 Å². The molecule has 100 valence electrons. The van der Waals surface area contributed by atoms with Gasteiger partial charge in [-0.15, -0.1) is 0 Å². The lowest BCUT2D eigenvalue weighted by atomic mass is 9.80. The molecule has 1 fully saturated rings. The zero-order valence-electron chi connectivity index (χ0n) is 11.0. The van der Waals surface area contributed by atoms with Gasteiger partial charge in [-0.1, -0.05) is 12.1 Å². The molecule has 4 heteroatoms. The minimum atomic E-state index is -0.494. The Kier molecular flexibility index (Phi) is 4.09. The molecule has 0 amide bonds. The molecule has 1 aliphatic carbocycles. The standard InChI is InChI=1S/C14H21NO3/c1-17-12-6-3-5-11(13(12)18-2)9-15-10-14(16)7-4-8-14/h3,5-6,15-16H,4,7-10H2,1-2H3. The first-order valence-electron chi connectivity index (χ1n) is 6.31. The third kappa shape index (κ3) is 2.76. The molecule has 0 aromatic heterocycles. The Balaban J connectivity index is 1.96. The number of benzene rings is 1. The van der Waals surface area contributed by atoms with Crippen LogP contribution in [0.25, 0.3) is 0 Å². The van der Waals surface area contributed by atoms with Crippen molar-refractivity contribution in [1.82, 2.24) is 5.32 Å². The third-order valence-electron chi connectivity index (χ3n) is 3.54. The molecule has 1 aromatic carbocycles. The summed E-state index contributed by atoms with van der Waals surface area (Å²) in [7, 11) is 3.27. The van der Waals surface area contributed by atoms with Crippen LogP contribution in [-0.4, -0.2) is 31.5 Å². The summed E-state index contributed by atoms with van der Waals surface area (Å²) >= 11 is 0. The van der Waals surface area contributed by atoms with E-state index in [1.807, 2.05) is 18.2 Å². The SMILES string of the molecule is COc1cccc(CNCC2(O)CCC2)c1OC. The largest absolute Gasteiger partial charge is 0.493 e. The fourth-order valence-electron chi connectivity index (χ4n) is 2.28. The number of methoxy groups -OCH3 is 2. The van der Waals surface area contributed by atoms with Crippen LogP contribution in [0.5, 0.6) is 11.5 Å². The Morgan fingerprint density at radius 2 is 2.06 bits per heavy atom. The van der Waals surface area contributed by atoms with Gasteiger partial charge in [-0.25, -0.2) is 0 Å². The molecular weight excluding hydrogens is 230 g/mol. The van der Waals surface area contributed by atoms with Crippen LogP contribution in [-0.2, 0) is 6.54 Å². The van der Waals surface area contributed by atoms with Crippen molar-refractivity contribution in [1.29, 1.82) is 0 Å². The number of hydrogen-bond acceptors (Lipinski definition) is 4. The molecule has 0 atom stereocenters. The number of rotatable bonds is 6. The van der Waals surface area contributed by atoms with Crippen molar-refractivity contribution in [2.24, 2.45) is 0 Å². The summed E-state index contributed by atoms with van der Waals surface area (Å²) in [5.74, 6) is 1.49. The van der Waals surface area contributed by atoms with Gasteiger partial charge < -0.3 is 19.9 Å². The molecule has 1 saturated carbocycles. The molecule has 0 spiro atoms. The van der Waals surface area contributed by atoms with Crippen molar-refractivity contribution >= 4 is 0 Å². The summed E-state index contributed by atoms with van der Waals surface area (Å²) in [5, 5.41) is 13.3. The molecule has 1 aliphatic rings. The molecule has 4 nitrogen and oxygen atoms in total. The lowest BCUT2D eigenvalue weighted by Crippen LogP contribution is -2.46. The Bertz CT molecular complexity index is 402. The number of nitrogens with one attached hydrogen (secondary N) is 1. The maximum Gasteiger partial charge on any atom is 0.165 e. The molecule has 0 aliphatic heterocycles. The zero-order valence-corrected chi connectivity index (χ0v) is 11.0. The van der Waals surface area contributed by atoms with Crippen LogP contribution >= 0.6 is 0 Å². The maximum atomic E-state index is 10.00. The quantitative estimate of drug-likeness (QED) is 0.808. The number of ether oxygens (including phenoxy) is 2. The highest BCUT2D eigenvalue weighted by atomic mass is 16.5. The minimum absolute atomic E-state index is 0.494. The van der Waals surface area contributed by atoms with Gasteiger partial charge in [0.2, 0.25) is 0 Å². The molecule has 0 heterocycles. The van der Waals surface area contributed by atoms with Gasteiger partial charge in [0.25, 0.3) is 0 Å². The van der Waals surface area contributed by atoms with Crippen molar-refractivity contribution in [3.8, 4) is 11.5 Å². The number of para-hydroxylation sites is 1. The average Bonchev–Trinajstić information content (AvgIpc) is 2.36. The van der Waals surface area contributed by atoms with Crippen molar-refractivity contribution in [2.45, 2.75) is 31.4 Å². The summed E-state index contributed by atoms with van der Waals surface area (Å²) in [6, 6.07) is 5.82. The van der Waals surface area contributed by atoms with Gasteiger partial charge in [-0.3, -0.25) is 0 Å². The third-order valence-corrected chi connectivity index (χ3v) is 3.54. The summed E-state index contributed by atoms with van der Waals surface area (Å²) in [4.78, 5) is 0. The van der Waals surface area contributed by atoms with Crippen LogP contribution in [0.1, 0.15) is 24.8 Å². The highest BCUT2D eigenvalue weighted by Crippen LogP contribution is 2.32. The predicted octanol–water partition coefficient (Wildman–Crippen LogP) is 1.71. The number of aliphatic hydroxyl groups is 1. The Morgan fingerprint density at radius 3 is 2.61 bits per heavy atom. The Labute approximate surface area is 108 Å². The highest BCUT2D eigenvalue weighted by molar-refractivity contribution is 5.46. The van der Waals surface area contributed by atoms with Crippen molar-refractivity contribution in [2.75, 3.05) is 20.8 Å². The Hall–Kier alpha value is -1.26. The molecule has 18 heavy (non-hydrogen) atoms. The van der Waals surface area contributed by atoms with Crippen LogP contribution in [0.2, 0.25) is 0 Å². The van der Waals surface area contributed by atoms with Gasteiger partial charge in [0.15, 0.2) is 11.5 Å². The fraction of sp³-hybridized carbons (Fsp3) is 0.571. The van der Waals surface area contributed by atoms with E-state index >= 15 is 0 Å². The highest BCUT2D eigenvalue weighted by Gasteiger charge is 2.33. The second-order valence-electron chi connectivity index (χ2n) is 4.83. The van der Waals surface area contributed by atoms with Gasteiger partial charge in [0.1, 0.15) is 0 Å². The first-order valence-corrected chi connectivity index (χ1v) is 6.31. The maximum absolute atomic E-state index is 10.00. The first kappa shape index (κ1) is 13.2. The van der Waals surface area contributed by atoms with Gasteiger partial charge in [-0.05, 0) is 25.3 Å². The Morgan fingerprint density at radius 1 is 1.28 bits per heavy atom. The van der Waals surface area contributed by atoms with E-state index in [1.165, 1.54) is 0 Å². The lowest BCUT2D eigenvalue weighted by Gasteiger charge is -2.36. The van der Waals surface area contributed by atoms with Crippen LogP contribution in [0.4, 0.5) is 0 Å². The molecule has 0 unspecified atom stereocenters. The normalized spacial score (nSPS) is 17.1. The molecule has 0 bridgehead atoms. The van der Waals surface area contributed by atoms with Crippen molar-refractivity contribution in [3.63, 3.8) is 0 Å². The zero-order chi connectivity index (χ0) is 13.0. The minimum Gasteiger partial charge on any atom is -0.493 e.